The lowest BCUT2D eigenvalue weighted by molar-refractivity contribution is -0.137. The number of nitrogens with one attached hydrogen (secondary N) is 2. The van der Waals surface area contributed by atoms with Crippen molar-refractivity contribution in [3.63, 3.8) is 0 Å². The van der Waals surface area contributed by atoms with Crippen LogP contribution in [0.4, 0.5) is 0 Å². The molecule has 2 amide bonds. The lowest BCUT2D eigenvalue weighted by atomic mass is 10.1. The van der Waals surface area contributed by atoms with Crippen molar-refractivity contribution in [2.24, 2.45) is 0 Å². The highest BCUT2D eigenvalue weighted by molar-refractivity contribution is 5.97. The van der Waals surface area contributed by atoms with E-state index in [1.165, 1.54) is 7.05 Å². The smallest absolute Gasteiger partial charge is 0.303 e. The van der Waals surface area contributed by atoms with Crippen molar-refractivity contribution >= 4 is 17.8 Å². The maximum absolute atomic E-state index is 11.9. The summed E-state index contributed by atoms with van der Waals surface area (Å²) in [6.07, 6.45) is -0.138. The Balaban J connectivity index is 2.69. The molecule has 0 aliphatic rings. The molecule has 0 aromatic heterocycles. The zero-order chi connectivity index (χ0) is 14.3. The molecule has 0 bridgehead atoms. The Morgan fingerprint density at radius 1 is 1.21 bits per heavy atom. The van der Waals surface area contributed by atoms with Gasteiger partial charge in [0.1, 0.15) is 6.04 Å². The molecule has 1 aromatic rings. The van der Waals surface area contributed by atoms with Crippen LogP contribution in [-0.2, 0) is 9.59 Å². The number of carbonyl (C=O) groups is 3. The van der Waals surface area contributed by atoms with Crippen molar-refractivity contribution in [2.45, 2.75) is 18.9 Å². The molecule has 1 rings (SSSR count). The highest BCUT2D eigenvalue weighted by Gasteiger charge is 2.21. The minimum atomic E-state index is -1.01. The number of carboxylic acid groups (broad SMARTS) is 1. The maximum atomic E-state index is 11.9. The van der Waals surface area contributed by atoms with Gasteiger partial charge in [0.15, 0.2) is 0 Å². The van der Waals surface area contributed by atoms with Crippen LogP contribution in [0, 0.1) is 0 Å². The van der Waals surface area contributed by atoms with E-state index in [2.05, 4.69) is 10.6 Å². The SMILES string of the molecule is CNC(=O)C(CCC(=O)O)NC(=O)c1ccccc1. The van der Waals surface area contributed by atoms with Crippen molar-refractivity contribution in [2.75, 3.05) is 7.05 Å². The third kappa shape index (κ3) is 4.79. The third-order valence-electron chi connectivity index (χ3n) is 2.55. The van der Waals surface area contributed by atoms with E-state index >= 15 is 0 Å². The van der Waals surface area contributed by atoms with E-state index in [0.29, 0.717) is 5.56 Å². The number of amides is 2. The van der Waals surface area contributed by atoms with Crippen LogP contribution in [0.1, 0.15) is 23.2 Å². The minimum absolute atomic E-state index is 0.0492. The van der Waals surface area contributed by atoms with E-state index in [-0.39, 0.29) is 12.8 Å². The van der Waals surface area contributed by atoms with Crippen molar-refractivity contribution in [3.8, 4) is 0 Å². The Morgan fingerprint density at radius 2 is 1.84 bits per heavy atom. The third-order valence-corrected chi connectivity index (χ3v) is 2.55. The fourth-order valence-electron chi connectivity index (χ4n) is 1.54. The Kier molecular flexibility index (Phi) is 5.53. The second-order valence-electron chi connectivity index (χ2n) is 3.94. The number of likely N-dealkylation sites (N-methyl/N-ethyl adjacent to an activating group) is 1. The number of rotatable bonds is 6. The van der Waals surface area contributed by atoms with Gasteiger partial charge in [0.05, 0.1) is 0 Å². The van der Waals surface area contributed by atoms with E-state index in [4.69, 9.17) is 5.11 Å². The summed E-state index contributed by atoms with van der Waals surface area (Å²) in [4.78, 5) is 34.0. The van der Waals surface area contributed by atoms with Crippen LogP contribution in [0.25, 0.3) is 0 Å². The quantitative estimate of drug-likeness (QED) is 0.693. The number of hydrogen-bond acceptors (Lipinski definition) is 3. The van der Waals surface area contributed by atoms with Gasteiger partial charge in [-0.05, 0) is 18.6 Å². The fraction of sp³-hybridized carbons (Fsp3) is 0.308. The first-order valence-electron chi connectivity index (χ1n) is 5.84. The van der Waals surface area contributed by atoms with Gasteiger partial charge >= 0.3 is 5.97 Å². The summed E-state index contributed by atoms with van der Waals surface area (Å²) in [6, 6.07) is 7.58. The molecular formula is C13H16N2O4. The van der Waals surface area contributed by atoms with Crippen molar-refractivity contribution in [3.05, 3.63) is 35.9 Å². The standard InChI is InChI=1S/C13H16N2O4/c1-14-13(19)10(7-8-11(16)17)15-12(18)9-5-3-2-4-6-9/h2-6,10H,7-8H2,1H3,(H,14,19)(H,15,18)(H,16,17). The zero-order valence-electron chi connectivity index (χ0n) is 10.6. The van der Waals surface area contributed by atoms with Gasteiger partial charge in [-0.15, -0.1) is 0 Å². The zero-order valence-corrected chi connectivity index (χ0v) is 10.6. The number of hydrogen-bond donors (Lipinski definition) is 3. The average molecular weight is 264 g/mol. The van der Waals surface area contributed by atoms with E-state index in [1.807, 2.05) is 0 Å². The van der Waals surface area contributed by atoms with Crippen LogP contribution >= 0.6 is 0 Å². The molecular weight excluding hydrogens is 248 g/mol. The van der Waals surface area contributed by atoms with Crippen molar-refractivity contribution in [1.82, 2.24) is 10.6 Å². The normalized spacial score (nSPS) is 11.4. The molecule has 0 saturated carbocycles. The van der Waals surface area contributed by atoms with Gasteiger partial charge in [-0.1, -0.05) is 18.2 Å². The molecule has 0 aliphatic heterocycles. The van der Waals surface area contributed by atoms with E-state index in [0.717, 1.165) is 0 Å². The molecule has 1 atom stereocenters. The molecule has 19 heavy (non-hydrogen) atoms. The summed E-state index contributed by atoms with van der Waals surface area (Å²) in [7, 11) is 1.44. The number of benzene rings is 1. The monoisotopic (exact) mass is 264 g/mol. The summed E-state index contributed by atoms with van der Waals surface area (Å²) in [5.41, 5.74) is 0.423. The fourth-order valence-corrected chi connectivity index (χ4v) is 1.54. The molecule has 0 heterocycles. The molecule has 6 heteroatoms. The van der Waals surface area contributed by atoms with E-state index in [9.17, 15) is 14.4 Å². The van der Waals surface area contributed by atoms with Gasteiger partial charge in [-0.3, -0.25) is 14.4 Å². The Hall–Kier alpha value is -2.37. The van der Waals surface area contributed by atoms with E-state index < -0.39 is 23.8 Å². The largest absolute Gasteiger partial charge is 0.481 e. The molecule has 1 unspecified atom stereocenters. The predicted molar refractivity (Wildman–Crippen MR) is 68.6 cm³/mol. The Labute approximate surface area is 110 Å². The first-order chi connectivity index (χ1) is 9.04. The summed E-state index contributed by atoms with van der Waals surface area (Å²) in [5.74, 6) is -1.83. The Bertz CT molecular complexity index is 459. The molecule has 1 aromatic carbocycles. The van der Waals surface area contributed by atoms with Gasteiger partial charge in [-0.25, -0.2) is 0 Å². The predicted octanol–water partition coefficient (Wildman–Crippen LogP) is 0.396. The van der Waals surface area contributed by atoms with Gasteiger partial charge in [-0.2, -0.15) is 0 Å². The van der Waals surface area contributed by atoms with E-state index in [1.54, 1.807) is 30.3 Å². The summed E-state index contributed by atoms with van der Waals surface area (Å²) >= 11 is 0. The second-order valence-corrected chi connectivity index (χ2v) is 3.94. The number of carboxylic acids is 1. The number of aliphatic carboxylic acids is 1. The number of carbonyl (C=O) groups excluding carboxylic acids is 2. The molecule has 0 fully saturated rings. The molecule has 0 radical (unpaired) electrons. The van der Waals surface area contributed by atoms with Crippen LogP contribution in [0.3, 0.4) is 0 Å². The molecule has 0 saturated heterocycles. The topological polar surface area (TPSA) is 95.5 Å². The maximum Gasteiger partial charge on any atom is 0.303 e. The lowest BCUT2D eigenvalue weighted by Gasteiger charge is -2.16. The van der Waals surface area contributed by atoms with Crippen LogP contribution < -0.4 is 10.6 Å². The molecule has 0 spiro atoms. The van der Waals surface area contributed by atoms with Crippen LogP contribution in [0.2, 0.25) is 0 Å². The summed E-state index contributed by atoms with van der Waals surface area (Å²) in [6.45, 7) is 0. The van der Waals surface area contributed by atoms with Gasteiger partial charge in [0.2, 0.25) is 5.91 Å². The first-order valence-corrected chi connectivity index (χ1v) is 5.84. The molecule has 3 N–H and O–H groups in total. The molecule has 0 aliphatic carbocycles. The Morgan fingerprint density at radius 3 is 2.37 bits per heavy atom. The second kappa shape index (κ2) is 7.15. The van der Waals surface area contributed by atoms with Crippen molar-refractivity contribution in [1.29, 1.82) is 0 Å². The lowest BCUT2D eigenvalue weighted by Crippen LogP contribution is -2.45. The summed E-state index contributed by atoms with van der Waals surface area (Å²) in [5, 5.41) is 13.5. The van der Waals surface area contributed by atoms with Gasteiger partial charge in [0.25, 0.3) is 5.91 Å². The first kappa shape index (κ1) is 14.7. The molecule has 102 valence electrons. The molecule has 6 nitrogen and oxygen atoms in total. The van der Waals surface area contributed by atoms with Crippen LogP contribution in [0.5, 0.6) is 0 Å². The van der Waals surface area contributed by atoms with Gasteiger partial charge in [0, 0.05) is 19.0 Å². The van der Waals surface area contributed by atoms with Crippen LogP contribution in [-0.4, -0.2) is 36.0 Å². The van der Waals surface area contributed by atoms with Crippen LogP contribution in [0.15, 0.2) is 30.3 Å². The van der Waals surface area contributed by atoms with Crippen molar-refractivity contribution < 1.29 is 19.5 Å². The average Bonchev–Trinajstić information content (AvgIpc) is 2.43. The minimum Gasteiger partial charge on any atom is -0.481 e. The summed E-state index contributed by atoms with van der Waals surface area (Å²) < 4.78 is 0. The highest BCUT2D eigenvalue weighted by Crippen LogP contribution is 2.02. The van der Waals surface area contributed by atoms with Gasteiger partial charge < -0.3 is 15.7 Å². The highest BCUT2D eigenvalue weighted by atomic mass is 16.4.